The van der Waals surface area contributed by atoms with Crippen molar-refractivity contribution < 1.29 is 0 Å². The zero-order valence-electron chi connectivity index (χ0n) is 12.4. The number of hydrogen-bond donors (Lipinski definition) is 0. The second-order valence-corrected chi connectivity index (χ2v) is 6.02. The molecule has 0 aromatic carbocycles. The molecule has 0 amide bonds. The molecule has 2 aliphatic rings. The molecule has 102 valence electrons. The van der Waals surface area contributed by atoms with Crippen molar-refractivity contribution in [3.63, 3.8) is 0 Å². The molecule has 2 heterocycles. The van der Waals surface area contributed by atoms with Crippen LogP contribution in [-0.2, 0) is 0 Å². The molecule has 1 atom stereocenters. The maximum absolute atomic E-state index is 2.65. The first-order valence-electron chi connectivity index (χ1n) is 7.56. The highest BCUT2D eigenvalue weighted by Crippen LogP contribution is 2.10. The van der Waals surface area contributed by atoms with Crippen molar-refractivity contribution in [1.29, 1.82) is 0 Å². The predicted molar refractivity (Wildman–Crippen MR) is 81.2 cm³/mol. The van der Waals surface area contributed by atoms with Gasteiger partial charge in [-0.1, -0.05) is 6.92 Å². The Kier molecular flexibility index (Phi) is 5.55. The predicted octanol–water partition coefficient (Wildman–Crippen LogP) is -0.427. The molecule has 0 radical (unpaired) electrons. The van der Waals surface area contributed by atoms with E-state index in [4.69, 9.17) is 0 Å². The van der Waals surface area contributed by atoms with Gasteiger partial charge in [-0.15, -0.1) is 0 Å². The van der Waals surface area contributed by atoms with Crippen LogP contribution in [0.3, 0.4) is 0 Å². The van der Waals surface area contributed by atoms with Gasteiger partial charge < -0.3 is 19.2 Å². The summed E-state index contributed by atoms with van der Waals surface area (Å²) in [6, 6.07) is 0.686. The highest BCUT2D eigenvalue weighted by atomic mass is 15.3. The third-order valence-electron chi connectivity index (χ3n) is 4.35. The van der Waals surface area contributed by atoms with E-state index in [2.05, 4.69) is 40.1 Å². The molecule has 0 N–H and O–H groups in total. The maximum atomic E-state index is 2.65. The van der Waals surface area contributed by atoms with E-state index < -0.39 is 0 Å². The van der Waals surface area contributed by atoms with Crippen LogP contribution < -0.4 is 0 Å². The lowest BCUT2D eigenvalue weighted by molar-refractivity contribution is 0.218. The van der Waals surface area contributed by atoms with Gasteiger partial charge in [0.2, 0.25) is 0 Å². The molecule has 0 saturated carbocycles. The molecule has 1 unspecified atom stereocenters. The minimum Gasteiger partial charge on any atom is -0.334 e. The first kappa shape index (κ1) is 14.4. The lowest BCUT2D eigenvalue weighted by Gasteiger charge is -2.41. The van der Waals surface area contributed by atoms with Crippen LogP contribution in [0.5, 0.6) is 0 Å². The third kappa shape index (κ3) is 3.98. The van der Waals surface area contributed by atoms with Crippen molar-refractivity contribution in [3.8, 4) is 0 Å². The molecule has 2 saturated heterocycles. The highest BCUT2D eigenvalue weighted by Gasteiger charge is 2.25. The minimum absolute atomic E-state index is 0.686. The fraction of sp³-hybridized carbons (Fsp3) is 1.00. The van der Waals surface area contributed by atoms with Crippen molar-refractivity contribution in [2.24, 2.45) is 0 Å². The lowest BCUT2D eigenvalue weighted by Crippen LogP contribution is -2.56. The molecule has 0 aromatic heterocycles. The Morgan fingerprint density at radius 2 is 1.72 bits per heavy atom. The SMILES string of the molecule is CCN1BN(C(C)CN2BN(C)CCC2)CCC1. The third-order valence-corrected chi connectivity index (χ3v) is 4.35. The zero-order chi connectivity index (χ0) is 13.0. The van der Waals surface area contributed by atoms with Crippen LogP contribution in [0.4, 0.5) is 0 Å². The van der Waals surface area contributed by atoms with Gasteiger partial charge in [0.05, 0.1) is 0 Å². The van der Waals surface area contributed by atoms with Crippen LogP contribution >= 0.6 is 0 Å². The van der Waals surface area contributed by atoms with Crippen molar-refractivity contribution in [2.45, 2.75) is 32.7 Å². The first-order chi connectivity index (χ1) is 8.69. The summed E-state index contributed by atoms with van der Waals surface area (Å²) in [6.45, 7) is 12.2. The maximum Gasteiger partial charge on any atom is 0.292 e. The second-order valence-electron chi connectivity index (χ2n) is 6.02. The molecule has 0 aliphatic carbocycles. The first-order valence-corrected chi connectivity index (χ1v) is 7.56. The standard InChI is InChI=1S/C12H28B2N4/c1-4-16-8-6-10-18(14-16)12(2)11-17-9-5-7-15(3)13-17/h12-14H,4-11H2,1-3H3. The van der Waals surface area contributed by atoms with Crippen molar-refractivity contribution >= 4 is 15.1 Å². The molecule has 2 aliphatic heterocycles. The Balaban J connectivity index is 1.77. The molecule has 0 bridgehead atoms. The van der Waals surface area contributed by atoms with Crippen LogP contribution in [0.15, 0.2) is 0 Å². The van der Waals surface area contributed by atoms with Gasteiger partial charge in [0.25, 0.3) is 15.1 Å². The number of rotatable bonds is 4. The summed E-state index contributed by atoms with van der Waals surface area (Å²) in [5.74, 6) is 0. The van der Waals surface area contributed by atoms with E-state index >= 15 is 0 Å². The summed E-state index contributed by atoms with van der Waals surface area (Å²) < 4.78 is 0. The second kappa shape index (κ2) is 6.94. The summed E-state index contributed by atoms with van der Waals surface area (Å²) in [5.41, 5.74) is 0. The number of nitrogens with zero attached hydrogens (tertiary/aromatic N) is 4. The molecule has 0 spiro atoms. The summed E-state index contributed by atoms with van der Waals surface area (Å²) in [5, 5.41) is 0. The smallest absolute Gasteiger partial charge is 0.292 e. The van der Waals surface area contributed by atoms with Gasteiger partial charge in [0, 0.05) is 12.6 Å². The van der Waals surface area contributed by atoms with Gasteiger partial charge in [0.15, 0.2) is 0 Å². The van der Waals surface area contributed by atoms with E-state index in [1.54, 1.807) is 0 Å². The van der Waals surface area contributed by atoms with E-state index in [9.17, 15) is 0 Å². The molecule has 4 nitrogen and oxygen atoms in total. The normalized spacial score (nSPS) is 26.6. The van der Waals surface area contributed by atoms with Gasteiger partial charge in [-0.25, -0.2) is 0 Å². The average molecular weight is 250 g/mol. The van der Waals surface area contributed by atoms with Crippen LogP contribution in [0.25, 0.3) is 0 Å². The van der Waals surface area contributed by atoms with Gasteiger partial charge in [-0.05, 0) is 59.5 Å². The molecular weight excluding hydrogens is 222 g/mol. The van der Waals surface area contributed by atoms with Crippen molar-refractivity contribution in [1.82, 2.24) is 19.2 Å². The van der Waals surface area contributed by atoms with E-state index in [0.717, 1.165) is 7.55 Å². The Hall–Kier alpha value is -0.0301. The van der Waals surface area contributed by atoms with Crippen LogP contribution in [0.2, 0.25) is 0 Å². The summed E-state index contributed by atoms with van der Waals surface area (Å²) in [4.78, 5) is 10.3. The summed E-state index contributed by atoms with van der Waals surface area (Å²) >= 11 is 0. The fourth-order valence-electron chi connectivity index (χ4n) is 3.20. The molecular formula is C12H28B2N4. The van der Waals surface area contributed by atoms with E-state index in [-0.39, 0.29) is 0 Å². The monoisotopic (exact) mass is 250 g/mol. The van der Waals surface area contributed by atoms with Gasteiger partial charge in [0.1, 0.15) is 0 Å². The van der Waals surface area contributed by atoms with Crippen molar-refractivity contribution in [3.05, 3.63) is 0 Å². The fourth-order valence-corrected chi connectivity index (χ4v) is 3.20. The largest absolute Gasteiger partial charge is 0.334 e. The Labute approximate surface area is 114 Å². The highest BCUT2D eigenvalue weighted by molar-refractivity contribution is 6.29. The van der Waals surface area contributed by atoms with Gasteiger partial charge >= 0.3 is 0 Å². The topological polar surface area (TPSA) is 13.0 Å². The van der Waals surface area contributed by atoms with E-state index in [1.165, 1.54) is 59.7 Å². The Morgan fingerprint density at radius 3 is 2.44 bits per heavy atom. The van der Waals surface area contributed by atoms with E-state index in [1.807, 2.05) is 0 Å². The Bertz CT molecular complexity index is 254. The van der Waals surface area contributed by atoms with Crippen molar-refractivity contribution in [2.75, 3.05) is 46.3 Å². The van der Waals surface area contributed by atoms with Gasteiger partial charge in [-0.2, -0.15) is 0 Å². The summed E-state index contributed by atoms with van der Waals surface area (Å²) in [6.07, 6.45) is 2.66. The van der Waals surface area contributed by atoms with Crippen LogP contribution in [-0.4, -0.2) is 86.7 Å². The molecule has 18 heavy (non-hydrogen) atoms. The van der Waals surface area contributed by atoms with Gasteiger partial charge in [-0.3, -0.25) is 0 Å². The van der Waals surface area contributed by atoms with Crippen LogP contribution in [0.1, 0.15) is 26.7 Å². The molecule has 2 rings (SSSR count). The molecule has 6 heteroatoms. The average Bonchev–Trinajstić information content (AvgIpc) is 2.39. The lowest BCUT2D eigenvalue weighted by atomic mass is 9.93. The van der Waals surface area contributed by atoms with Crippen LogP contribution in [0, 0.1) is 0 Å². The summed E-state index contributed by atoms with van der Waals surface area (Å²) in [7, 11) is 4.55. The molecule has 2 fully saturated rings. The number of hydrogen-bond acceptors (Lipinski definition) is 4. The zero-order valence-corrected chi connectivity index (χ0v) is 12.4. The quantitative estimate of drug-likeness (QED) is 0.628. The molecule has 0 aromatic rings. The minimum atomic E-state index is 0.686. The van der Waals surface area contributed by atoms with E-state index in [0.29, 0.717) is 6.04 Å². The Morgan fingerprint density at radius 1 is 1.00 bits per heavy atom.